The zero-order chi connectivity index (χ0) is 18.9. The topological polar surface area (TPSA) is 42.0 Å². The molecule has 1 N–H and O–H groups in total. The van der Waals surface area contributed by atoms with Gasteiger partial charge in [-0.2, -0.15) is 13.2 Å². The highest BCUT2D eigenvalue weighted by Gasteiger charge is 2.42. The van der Waals surface area contributed by atoms with Gasteiger partial charge in [-0.15, -0.1) is 11.3 Å². The summed E-state index contributed by atoms with van der Waals surface area (Å²) in [5.74, 6) is -2.13. The van der Waals surface area contributed by atoms with Crippen LogP contribution in [0.4, 0.5) is 17.6 Å². The molecule has 0 aliphatic heterocycles. The van der Waals surface area contributed by atoms with Gasteiger partial charge < -0.3 is 5.32 Å². The Labute approximate surface area is 152 Å². The number of rotatable bonds is 3. The summed E-state index contributed by atoms with van der Waals surface area (Å²) < 4.78 is 51.8. The van der Waals surface area contributed by atoms with Crippen LogP contribution in [0.2, 0.25) is 0 Å². The first-order valence-electron chi connectivity index (χ1n) is 8.35. The molecule has 1 heterocycles. The summed E-state index contributed by atoms with van der Waals surface area (Å²) in [6.45, 7) is 1.68. The first-order chi connectivity index (χ1) is 12.2. The van der Waals surface area contributed by atoms with E-state index >= 15 is 0 Å². The molecule has 140 valence electrons. The normalized spacial score (nSPS) is 20.8. The minimum absolute atomic E-state index is 0.0854. The number of hydrogen-bond donors (Lipinski definition) is 1. The van der Waals surface area contributed by atoms with Crippen LogP contribution in [0.5, 0.6) is 0 Å². The maximum absolute atomic E-state index is 13.0. The Morgan fingerprint density at radius 1 is 1.23 bits per heavy atom. The summed E-state index contributed by atoms with van der Waals surface area (Å²) >= 11 is 1.15. The van der Waals surface area contributed by atoms with Crippen molar-refractivity contribution in [3.63, 3.8) is 0 Å². The Kier molecular flexibility index (Phi) is 5.32. The molecule has 8 heteroatoms. The van der Waals surface area contributed by atoms with E-state index in [9.17, 15) is 22.4 Å². The number of halogens is 4. The van der Waals surface area contributed by atoms with Crippen LogP contribution in [0.15, 0.2) is 24.3 Å². The van der Waals surface area contributed by atoms with Gasteiger partial charge in [-0.05, 0) is 50.5 Å². The molecule has 1 fully saturated rings. The molecule has 1 aliphatic rings. The van der Waals surface area contributed by atoms with Gasteiger partial charge in [0.05, 0.1) is 11.6 Å². The fourth-order valence-corrected chi connectivity index (χ4v) is 4.17. The molecule has 26 heavy (non-hydrogen) atoms. The summed E-state index contributed by atoms with van der Waals surface area (Å²) in [7, 11) is 0. The van der Waals surface area contributed by atoms with Crippen molar-refractivity contribution in [3.05, 3.63) is 40.7 Å². The van der Waals surface area contributed by atoms with Gasteiger partial charge in [0.1, 0.15) is 15.7 Å². The number of benzene rings is 1. The number of aromatic nitrogens is 1. The van der Waals surface area contributed by atoms with E-state index in [1.807, 2.05) is 0 Å². The number of nitrogens with zero attached hydrogens (tertiary/aromatic N) is 1. The lowest BCUT2D eigenvalue weighted by atomic mass is 9.85. The van der Waals surface area contributed by atoms with E-state index in [1.54, 1.807) is 19.1 Å². The zero-order valence-corrected chi connectivity index (χ0v) is 14.9. The molecular weight excluding hydrogens is 368 g/mol. The Bertz CT molecular complexity index is 785. The average molecular weight is 386 g/mol. The number of alkyl halides is 3. The second-order valence-corrected chi connectivity index (χ2v) is 7.52. The van der Waals surface area contributed by atoms with Crippen molar-refractivity contribution in [3.8, 4) is 10.6 Å². The quantitative estimate of drug-likeness (QED) is 0.745. The standard InChI is InChI=1S/C18H18F4N2OS/c1-10-15(26-17(23-10)11-5-7-13(19)8-6-11)16(25)24-14-4-2-3-12(9-14)18(20,21)22/h5-8,12,14H,2-4,9H2,1H3,(H,24,25). The van der Waals surface area contributed by atoms with Crippen LogP contribution >= 0.6 is 11.3 Å². The molecule has 1 saturated carbocycles. The molecule has 2 unspecified atom stereocenters. The van der Waals surface area contributed by atoms with Gasteiger partial charge in [0, 0.05) is 11.6 Å². The second kappa shape index (κ2) is 7.34. The smallest absolute Gasteiger partial charge is 0.349 e. The van der Waals surface area contributed by atoms with Crippen molar-refractivity contribution in [2.45, 2.75) is 44.8 Å². The number of carbonyl (C=O) groups excluding carboxylic acids is 1. The average Bonchev–Trinajstić information content (AvgIpc) is 2.97. The fraction of sp³-hybridized carbons (Fsp3) is 0.444. The summed E-state index contributed by atoms with van der Waals surface area (Å²) in [4.78, 5) is 17.2. The summed E-state index contributed by atoms with van der Waals surface area (Å²) in [6.07, 6.45) is -3.21. The highest BCUT2D eigenvalue weighted by molar-refractivity contribution is 7.17. The molecule has 3 rings (SSSR count). The molecule has 2 aromatic rings. The van der Waals surface area contributed by atoms with Gasteiger partial charge in [0.2, 0.25) is 0 Å². The molecule has 0 bridgehead atoms. The fourth-order valence-electron chi connectivity index (χ4n) is 3.19. The molecule has 0 saturated heterocycles. The van der Waals surface area contributed by atoms with Gasteiger partial charge >= 0.3 is 6.18 Å². The van der Waals surface area contributed by atoms with Crippen molar-refractivity contribution in [1.82, 2.24) is 10.3 Å². The molecule has 1 aliphatic carbocycles. The van der Waals surface area contributed by atoms with Gasteiger partial charge in [0.15, 0.2) is 0 Å². The van der Waals surface area contributed by atoms with E-state index in [0.29, 0.717) is 34.0 Å². The van der Waals surface area contributed by atoms with Gasteiger partial charge in [-0.1, -0.05) is 6.42 Å². The number of aryl methyl sites for hydroxylation is 1. The van der Waals surface area contributed by atoms with Gasteiger partial charge in [-0.25, -0.2) is 9.37 Å². The Balaban J connectivity index is 1.71. The lowest BCUT2D eigenvalue weighted by Gasteiger charge is -2.30. The molecule has 0 spiro atoms. The lowest BCUT2D eigenvalue weighted by Crippen LogP contribution is -2.41. The van der Waals surface area contributed by atoms with Crippen molar-refractivity contribution < 1.29 is 22.4 Å². The molecule has 3 nitrogen and oxygen atoms in total. The van der Waals surface area contributed by atoms with Crippen molar-refractivity contribution in [1.29, 1.82) is 0 Å². The number of amides is 1. The molecule has 1 aromatic heterocycles. The molecule has 1 aromatic carbocycles. The molecule has 2 atom stereocenters. The maximum Gasteiger partial charge on any atom is 0.391 e. The van der Waals surface area contributed by atoms with E-state index in [1.165, 1.54) is 12.1 Å². The molecular formula is C18H18F4N2OS. The third-order valence-electron chi connectivity index (χ3n) is 4.57. The minimum Gasteiger partial charge on any atom is -0.349 e. The zero-order valence-electron chi connectivity index (χ0n) is 14.1. The first-order valence-corrected chi connectivity index (χ1v) is 9.16. The maximum atomic E-state index is 13.0. The summed E-state index contributed by atoms with van der Waals surface area (Å²) in [5.41, 5.74) is 1.20. The number of hydrogen-bond acceptors (Lipinski definition) is 3. The van der Waals surface area contributed by atoms with E-state index in [-0.39, 0.29) is 18.7 Å². The summed E-state index contributed by atoms with van der Waals surface area (Å²) in [5, 5.41) is 3.30. The van der Waals surface area contributed by atoms with Crippen LogP contribution < -0.4 is 5.32 Å². The predicted molar refractivity (Wildman–Crippen MR) is 91.5 cm³/mol. The van der Waals surface area contributed by atoms with E-state index < -0.39 is 24.0 Å². The highest BCUT2D eigenvalue weighted by atomic mass is 32.1. The van der Waals surface area contributed by atoms with E-state index in [4.69, 9.17) is 0 Å². The molecule has 0 radical (unpaired) electrons. The predicted octanol–water partition coefficient (Wildman–Crippen LogP) is 5.11. The van der Waals surface area contributed by atoms with Crippen LogP contribution in [-0.4, -0.2) is 23.1 Å². The Hall–Kier alpha value is -1.96. The van der Waals surface area contributed by atoms with Crippen molar-refractivity contribution in [2.24, 2.45) is 5.92 Å². The lowest BCUT2D eigenvalue weighted by molar-refractivity contribution is -0.183. The third kappa shape index (κ3) is 4.23. The largest absolute Gasteiger partial charge is 0.391 e. The molecule has 1 amide bonds. The highest BCUT2D eigenvalue weighted by Crippen LogP contribution is 2.37. The first kappa shape index (κ1) is 18.8. The van der Waals surface area contributed by atoms with Crippen molar-refractivity contribution in [2.75, 3.05) is 0 Å². The Morgan fingerprint density at radius 3 is 2.58 bits per heavy atom. The number of nitrogens with one attached hydrogen (secondary N) is 1. The van der Waals surface area contributed by atoms with E-state index in [0.717, 1.165) is 11.3 Å². The number of thiazole rings is 1. The summed E-state index contributed by atoms with van der Waals surface area (Å²) in [6, 6.07) is 5.28. The van der Waals surface area contributed by atoms with Crippen LogP contribution in [0.1, 0.15) is 41.0 Å². The monoisotopic (exact) mass is 386 g/mol. The van der Waals surface area contributed by atoms with Gasteiger partial charge in [-0.3, -0.25) is 4.79 Å². The second-order valence-electron chi connectivity index (χ2n) is 6.52. The SMILES string of the molecule is Cc1nc(-c2ccc(F)cc2)sc1C(=O)NC1CCCC(C(F)(F)F)C1. The van der Waals surface area contributed by atoms with Crippen LogP contribution in [0, 0.1) is 18.7 Å². The number of carbonyl (C=O) groups is 1. The third-order valence-corrected chi connectivity index (χ3v) is 5.77. The van der Waals surface area contributed by atoms with Crippen molar-refractivity contribution >= 4 is 17.2 Å². The minimum atomic E-state index is -4.22. The van der Waals surface area contributed by atoms with Crippen LogP contribution in [-0.2, 0) is 0 Å². The van der Waals surface area contributed by atoms with Gasteiger partial charge in [0.25, 0.3) is 5.91 Å². The van der Waals surface area contributed by atoms with Crippen LogP contribution in [0.25, 0.3) is 10.6 Å². The van der Waals surface area contributed by atoms with E-state index in [2.05, 4.69) is 10.3 Å². The Morgan fingerprint density at radius 2 is 1.92 bits per heavy atom. The van der Waals surface area contributed by atoms with Crippen LogP contribution in [0.3, 0.4) is 0 Å².